The van der Waals surface area contributed by atoms with Gasteiger partial charge in [0.15, 0.2) is 5.78 Å². The molecule has 0 aliphatic rings. The van der Waals surface area contributed by atoms with Crippen molar-refractivity contribution in [1.82, 2.24) is 0 Å². The van der Waals surface area contributed by atoms with Crippen molar-refractivity contribution in [2.75, 3.05) is 7.11 Å². The standard InChI is InChI=1S/C12H12O3/c1-9(13)12(14)8-5-10-3-6-11(15-2)7-4-10/h3-8H,1-2H3/b8-5+. The molecule has 15 heavy (non-hydrogen) atoms. The van der Waals surface area contributed by atoms with E-state index in [1.165, 1.54) is 13.0 Å². The summed E-state index contributed by atoms with van der Waals surface area (Å²) >= 11 is 0. The Kier molecular flexibility index (Phi) is 3.80. The van der Waals surface area contributed by atoms with E-state index in [1.54, 1.807) is 25.3 Å². The molecular formula is C12H12O3. The number of benzene rings is 1. The van der Waals surface area contributed by atoms with E-state index < -0.39 is 11.6 Å². The van der Waals surface area contributed by atoms with Crippen molar-refractivity contribution in [2.24, 2.45) is 0 Å². The third-order valence-electron chi connectivity index (χ3n) is 1.89. The Labute approximate surface area is 88.4 Å². The fourth-order valence-corrected chi connectivity index (χ4v) is 1.00. The summed E-state index contributed by atoms with van der Waals surface area (Å²) in [6.45, 7) is 1.25. The number of methoxy groups -OCH3 is 1. The average molecular weight is 204 g/mol. The molecule has 0 saturated carbocycles. The molecule has 0 spiro atoms. The number of ketones is 2. The Hall–Kier alpha value is -1.90. The summed E-state index contributed by atoms with van der Waals surface area (Å²) in [4.78, 5) is 21.6. The quantitative estimate of drug-likeness (QED) is 0.555. The highest BCUT2D eigenvalue weighted by Gasteiger charge is 2.01. The van der Waals surface area contributed by atoms with Crippen molar-refractivity contribution in [2.45, 2.75) is 6.92 Å². The normalized spacial score (nSPS) is 10.3. The van der Waals surface area contributed by atoms with Crippen molar-refractivity contribution < 1.29 is 14.3 Å². The minimum atomic E-state index is -0.495. The molecule has 78 valence electrons. The van der Waals surface area contributed by atoms with E-state index in [2.05, 4.69) is 0 Å². The third kappa shape index (κ3) is 3.38. The lowest BCUT2D eigenvalue weighted by molar-refractivity contribution is -0.132. The van der Waals surface area contributed by atoms with Crippen LogP contribution in [0.15, 0.2) is 30.3 Å². The molecule has 3 heteroatoms. The molecule has 3 nitrogen and oxygen atoms in total. The summed E-state index contributed by atoms with van der Waals surface area (Å²) in [5.74, 6) is -0.198. The summed E-state index contributed by atoms with van der Waals surface area (Å²) in [5, 5.41) is 0. The SMILES string of the molecule is COc1ccc(/C=C/C(=O)C(C)=O)cc1. The number of ether oxygens (including phenoxy) is 1. The summed E-state index contributed by atoms with van der Waals surface area (Å²) in [6.07, 6.45) is 2.87. The molecule has 0 saturated heterocycles. The van der Waals surface area contributed by atoms with Gasteiger partial charge >= 0.3 is 0 Å². The van der Waals surface area contributed by atoms with Crippen molar-refractivity contribution in [3.8, 4) is 5.75 Å². The first kappa shape index (κ1) is 11.2. The van der Waals surface area contributed by atoms with E-state index in [0.29, 0.717) is 0 Å². The van der Waals surface area contributed by atoms with Gasteiger partial charge in [0.1, 0.15) is 5.75 Å². The van der Waals surface area contributed by atoms with Crippen LogP contribution in [-0.2, 0) is 9.59 Å². The van der Waals surface area contributed by atoms with Gasteiger partial charge in [-0.15, -0.1) is 0 Å². The van der Waals surface area contributed by atoms with Gasteiger partial charge in [-0.3, -0.25) is 9.59 Å². The van der Waals surface area contributed by atoms with Crippen LogP contribution in [-0.4, -0.2) is 18.7 Å². The molecule has 1 aromatic rings. The molecule has 0 aliphatic carbocycles. The smallest absolute Gasteiger partial charge is 0.221 e. The van der Waals surface area contributed by atoms with Crippen molar-refractivity contribution in [3.63, 3.8) is 0 Å². The first-order valence-corrected chi connectivity index (χ1v) is 4.50. The minimum absolute atomic E-state index is 0.459. The first-order valence-electron chi connectivity index (χ1n) is 4.50. The number of carbonyl (C=O) groups is 2. The van der Waals surface area contributed by atoms with Crippen molar-refractivity contribution >= 4 is 17.6 Å². The molecule has 0 heterocycles. The van der Waals surface area contributed by atoms with Gasteiger partial charge in [0, 0.05) is 6.92 Å². The summed E-state index contributed by atoms with van der Waals surface area (Å²) in [6, 6.07) is 7.20. The zero-order valence-electron chi connectivity index (χ0n) is 8.69. The van der Waals surface area contributed by atoms with Crippen LogP contribution in [0.3, 0.4) is 0 Å². The summed E-state index contributed by atoms with van der Waals surface area (Å²) in [7, 11) is 1.59. The summed E-state index contributed by atoms with van der Waals surface area (Å²) in [5.41, 5.74) is 0.852. The molecule has 0 fully saturated rings. The fourth-order valence-electron chi connectivity index (χ4n) is 1.00. The molecule has 1 rings (SSSR count). The molecule has 0 bridgehead atoms. The number of hydrogen-bond acceptors (Lipinski definition) is 3. The van der Waals surface area contributed by atoms with Crippen molar-refractivity contribution in [1.29, 1.82) is 0 Å². The van der Waals surface area contributed by atoms with E-state index >= 15 is 0 Å². The second-order valence-corrected chi connectivity index (χ2v) is 3.03. The van der Waals surface area contributed by atoms with Crippen LogP contribution in [0.2, 0.25) is 0 Å². The highest BCUT2D eigenvalue weighted by atomic mass is 16.5. The average Bonchev–Trinajstić information content (AvgIpc) is 2.26. The van der Waals surface area contributed by atoms with Crippen molar-refractivity contribution in [3.05, 3.63) is 35.9 Å². The van der Waals surface area contributed by atoms with Gasteiger partial charge in [0.25, 0.3) is 0 Å². The lowest BCUT2D eigenvalue weighted by Crippen LogP contribution is -2.04. The lowest BCUT2D eigenvalue weighted by atomic mass is 10.1. The predicted molar refractivity (Wildman–Crippen MR) is 57.7 cm³/mol. The molecule has 0 unspecified atom stereocenters. The maximum absolute atomic E-state index is 11.0. The molecule has 0 radical (unpaired) electrons. The molecule has 0 aromatic heterocycles. The Morgan fingerprint density at radius 1 is 1.20 bits per heavy atom. The van der Waals surface area contributed by atoms with Gasteiger partial charge in [-0.25, -0.2) is 0 Å². The van der Waals surface area contributed by atoms with Crippen LogP contribution in [0, 0.1) is 0 Å². The minimum Gasteiger partial charge on any atom is -0.497 e. The van der Waals surface area contributed by atoms with Gasteiger partial charge in [0.05, 0.1) is 7.11 Å². The Morgan fingerprint density at radius 3 is 2.27 bits per heavy atom. The highest BCUT2D eigenvalue weighted by molar-refractivity contribution is 6.41. The highest BCUT2D eigenvalue weighted by Crippen LogP contribution is 2.12. The largest absolute Gasteiger partial charge is 0.497 e. The lowest BCUT2D eigenvalue weighted by Gasteiger charge is -1.98. The van der Waals surface area contributed by atoms with E-state index in [4.69, 9.17) is 4.74 Å². The molecule has 0 atom stereocenters. The number of hydrogen-bond donors (Lipinski definition) is 0. The Bertz CT molecular complexity index is 388. The van der Waals surface area contributed by atoms with E-state index in [9.17, 15) is 9.59 Å². The topological polar surface area (TPSA) is 43.4 Å². The first-order chi connectivity index (χ1) is 7.13. The van der Waals surface area contributed by atoms with E-state index in [1.807, 2.05) is 12.1 Å². The number of Topliss-reactive ketones (excluding diaryl/α,β-unsaturated/α-hetero) is 1. The van der Waals surface area contributed by atoms with Gasteiger partial charge in [-0.05, 0) is 23.8 Å². The van der Waals surface area contributed by atoms with Crippen LogP contribution in [0.4, 0.5) is 0 Å². The van der Waals surface area contributed by atoms with Crippen LogP contribution in [0.25, 0.3) is 6.08 Å². The second kappa shape index (κ2) is 5.10. The Balaban J connectivity index is 2.73. The molecule has 0 N–H and O–H groups in total. The number of carbonyl (C=O) groups excluding carboxylic acids is 2. The van der Waals surface area contributed by atoms with Gasteiger partial charge in [-0.2, -0.15) is 0 Å². The number of rotatable bonds is 4. The summed E-state index contributed by atoms with van der Waals surface area (Å²) < 4.78 is 4.99. The zero-order valence-corrected chi connectivity index (χ0v) is 8.69. The van der Waals surface area contributed by atoms with Gasteiger partial charge in [-0.1, -0.05) is 18.2 Å². The Morgan fingerprint density at radius 2 is 1.80 bits per heavy atom. The van der Waals surface area contributed by atoms with E-state index in [-0.39, 0.29) is 0 Å². The van der Waals surface area contributed by atoms with Crippen LogP contribution in [0.1, 0.15) is 12.5 Å². The third-order valence-corrected chi connectivity index (χ3v) is 1.89. The monoisotopic (exact) mass is 204 g/mol. The van der Waals surface area contributed by atoms with Crippen LogP contribution < -0.4 is 4.74 Å². The predicted octanol–water partition coefficient (Wildman–Crippen LogP) is 1.87. The molecule has 0 amide bonds. The van der Waals surface area contributed by atoms with Gasteiger partial charge in [0.2, 0.25) is 5.78 Å². The maximum atomic E-state index is 11.0. The van der Waals surface area contributed by atoms with E-state index in [0.717, 1.165) is 11.3 Å². The van der Waals surface area contributed by atoms with Crippen LogP contribution in [0.5, 0.6) is 5.75 Å². The van der Waals surface area contributed by atoms with Crippen LogP contribution >= 0.6 is 0 Å². The number of allylic oxidation sites excluding steroid dienone is 1. The zero-order chi connectivity index (χ0) is 11.3. The maximum Gasteiger partial charge on any atom is 0.221 e. The van der Waals surface area contributed by atoms with Gasteiger partial charge < -0.3 is 4.74 Å². The molecular weight excluding hydrogens is 192 g/mol. The molecule has 0 aliphatic heterocycles. The molecule has 1 aromatic carbocycles. The second-order valence-electron chi connectivity index (χ2n) is 3.03. The fraction of sp³-hybridized carbons (Fsp3) is 0.167.